The molecule has 0 aliphatic carbocycles. The van der Waals surface area contributed by atoms with E-state index in [1.165, 1.54) is 12.1 Å². The summed E-state index contributed by atoms with van der Waals surface area (Å²) in [5, 5.41) is 5.24. The third-order valence-corrected chi connectivity index (χ3v) is 3.14. The molecule has 0 radical (unpaired) electrons. The Bertz CT molecular complexity index is 672. The molecule has 2 aromatic rings. The van der Waals surface area contributed by atoms with Crippen LogP contribution < -0.4 is 15.4 Å². The molecule has 0 aliphatic heterocycles. The molecule has 0 aliphatic rings. The van der Waals surface area contributed by atoms with Crippen molar-refractivity contribution in [1.82, 2.24) is 14.9 Å². The zero-order chi connectivity index (χ0) is 17.6. The van der Waals surface area contributed by atoms with Crippen LogP contribution in [0.15, 0.2) is 36.9 Å². The lowest BCUT2D eigenvalue weighted by Crippen LogP contribution is -2.31. The number of halogens is 3. The van der Waals surface area contributed by atoms with Gasteiger partial charge < -0.3 is 19.9 Å². The van der Waals surface area contributed by atoms with E-state index in [2.05, 4.69) is 15.6 Å². The van der Waals surface area contributed by atoms with Gasteiger partial charge in [0.05, 0.1) is 6.33 Å². The third kappa shape index (κ3) is 5.49. The highest BCUT2D eigenvalue weighted by Crippen LogP contribution is 2.27. The van der Waals surface area contributed by atoms with Crippen LogP contribution in [0.25, 0.3) is 0 Å². The molecule has 2 amide bonds. The van der Waals surface area contributed by atoms with Gasteiger partial charge in [-0.05, 0) is 19.1 Å². The largest absolute Gasteiger partial charge is 0.484 e. The van der Waals surface area contributed by atoms with E-state index in [0.717, 1.165) is 0 Å². The van der Waals surface area contributed by atoms with Gasteiger partial charge in [-0.2, -0.15) is 13.2 Å². The summed E-state index contributed by atoms with van der Waals surface area (Å²) in [7, 11) is 0. The standard InChI is InChI=1S/C15H17F3N4O2/c1-11-12(3-2-4-13(11)24-9-15(16,17)18)21-14(23)20-6-8-22-7-5-19-10-22/h2-5,7,10H,6,8-9H2,1H3,(H2,20,21,23). The number of nitrogens with zero attached hydrogens (tertiary/aromatic N) is 2. The van der Waals surface area contributed by atoms with Crippen molar-refractivity contribution < 1.29 is 22.7 Å². The number of hydrogen-bond acceptors (Lipinski definition) is 3. The summed E-state index contributed by atoms with van der Waals surface area (Å²) in [5.41, 5.74) is 0.807. The molecule has 24 heavy (non-hydrogen) atoms. The molecule has 0 atom stereocenters. The Morgan fingerprint density at radius 1 is 1.38 bits per heavy atom. The number of benzene rings is 1. The van der Waals surface area contributed by atoms with Crippen molar-refractivity contribution in [2.75, 3.05) is 18.5 Å². The summed E-state index contributed by atoms with van der Waals surface area (Å²) in [5.74, 6) is 0.0727. The van der Waals surface area contributed by atoms with Crippen LogP contribution in [0, 0.1) is 6.92 Å². The van der Waals surface area contributed by atoms with Crippen molar-refractivity contribution in [3.8, 4) is 5.75 Å². The van der Waals surface area contributed by atoms with Gasteiger partial charge in [0, 0.05) is 36.7 Å². The van der Waals surface area contributed by atoms with Crippen molar-refractivity contribution >= 4 is 11.7 Å². The molecule has 0 bridgehead atoms. The Kier molecular flexibility index (Phi) is 5.67. The molecule has 1 aromatic carbocycles. The molecule has 1 heterocycles. The minimum absolute atomic E-state index is 0.0727. The first kappa shape index (κ1) is 17.6. The van der Waals surface area contributed by atoms with Crippen LogP contribution in [0.3, 0.4) is 0 Å². The summed E-state index contributed by atoms with van der Waals surface area (Å²) in [6.07, 6.45) is 0.618. The second-order valence-corrected chi connectivity index (χ2v) is 5.01. The van der Waals surface area contributed by atoms with Crippen LogP contribution in [0.1, 0.15) is 5.56 Å². The number of carbonyl (C=O) groups is 1. The smallest absolute Gasteiger partial charge is 0.422 e. The highest BCUT2D eigenvalue weighted by Gasteiger charge is 2.28. The molecule has 0 spiro atoms. The van der Waals surface area contributed by atoms with Crippen LogP contribution in [0.4, 0.5) is 23.7 Å². The Morgan fingerprint density at radius 2 is 2.17 bits per heavy atom. The zero-order valence-electron chi connectivity index (χ0n) is 12.9. The predicted octanol–water partition coefficient (Wildman–Crippen LogP) is 2.95. The van der Waals surface area contributed by atoms with Gasteiger partial charge in [-0.25, -0.2) is 9.78 Å². The molecule has 0 saturated carbocycles. The van der Waals surface area contributed by atoms with Crippen LogP contribution in [-0.4, -0.2) is 34.9 Å². The van der Waals surface area contributed by atoms with E-state index >= 15 is 0 Å². The number of imidazole rings is 1. The van der Waals surface area contributed by atoms with Gasteiger partial charge in [0.2, 0.25) is 0 Å². The van der Waals surface area contributed by atoms with Crippen molar-refractivity contribution in [3.05, 3.63) is 42.5 Å². The topological polar surface area (TPSA) is 68.2 Å². The predicted molar refractivity (Wildman–Crippen MR) is 82.0 cm³/mol. The maximum Gasteiger partial charge on any atom is 0.422 e. The second kappa shape index (κ2) is 7.71. The van der Waals surface area contributed by atoms with Gasteiger partial charge in [-0.15, -0.1) is 0 Å². The van der Waals surface area contributed by atoms with E-state index in [1.54, 1.807) is 36.3 Å². The molecule has 0 saturated heterocycles. The monoisotopic (exact) mass is 342 g/mol. The van der Waals surface area contributed by atoms with Crippen LogP contribution in [0.5, 0.6) is 5.75 Å². The maximum absolute atomic E-state index is 12.2. The van der Waals surface area contributed by atoms with Crippen LogP contribution in [-0.2, 0) is 6.54 Å². The normalized spacial score (nSPS) is 11.2. The summed E-state index contributed by atoms with van der Waals surface area (Å²) in [4.78, 5) is 15.7. The second-order valence-electron chi connectivity index (χ2n) is 5.01. The lowest BCUT2D eigenvalue weighted by Gasteiger charge is -2.15. The van der Waals surface area contributed by atoms with Crippen molar-refractivity contribution in [3.63, 3.8) is 0 Å². The molecule has 6 nitrogen and oxygen atoms in total. The number of nitrogens with one attached hydrogen (secondary N) is 2. The summed E-state index contributed by atoms with van der Waals surface area (Å²) < 4.78 is 43.2. The first-order valence-corrected chi connectivity index (χ1v) is 7.15. The van der Waals surface area contributed by atoms with Crippen molar-refractivity contribution in [2.24, 2.45) is 0 Å². The maximum atomic E-state index is 12.2. The van der Waals surface area contributed by atoms with Gasteiger partial charge in [0.1, 0.15) is 5.75 Å². The van der Waals surface area contributed by atoms with Crippen LogP contribution in [0.2, 0.25) is 0 Å². The minimum atomic E-state index is -4.42. The van der Waals surface area contributed by atoms with E-state index in [1.807, 2.05) is 0 Å². The number of rotatable bonds is 6. The molecule has 9 heteroatoms. The number of carbonyl (C=O) groups excluding carboxylic acids is 1. The van der Waals surface area contributed by atoms with E-state index in [0.29, 0.717) is 24.3 Å². The SMILES string of the molecule is Cc1c(NC(=O)NCCn2ccnc2)cccc1OCC(F)(F)F. The number of anilines is 1. The molecule has 130 valence electrons. The molecular weight excluding hydrogens is 325 g/mol. The Balaban J connectivity index is 1.88. The Hall–Kier alpha value is -2.71. The van der Waals surface area contributed by atoms with Gasteiger partial charge in [0.25, 0.3) is 0 Å². The average molecular weight is 342 g/mol. The number of ether oxygens (including phenoxy) is 1. The summed E-state index contributed by atoms with van der Waals surface area (Å²) >= 11 is 0. The molecule has 1 aromatic heterocycles. The number of urea groups is 1. The van der Waals surface area contributed by atoms with E-state index < -0.39 is 18.8 Å². The van der Waals surface area contributed by atoms with E-state index in [-0.39, 0.29) is 5.75 Å². The van der Waals surface area contributed by atoms with E-state index in [4.69, 9.17) is 4.74 Å². The van der Waals surface area contributed by atoms with E-state index in [9.17, 15) is 18.0 Å². The molecule has 2 N–H and O–H groups in total. The minimum Gasteiger partial charge on any atom is -0.484 e. The van der Waals surface area contributed by atoms with Crippen LogP contribution >= 0.6 is 0 Å². The fraction of sp³-hybridized carbons (Fsp3) is 0.333. The number of amides is 2. The highest BCUT2D eigenvalue weighted by atomic mass is 19.4. The first-order chi connectivity index (χ1) is 11.3. The quantitative estimate of drug-likeness (QED) is 0.848. The molecular formula is C15H17F3N4O2. The van der Waals surface area contributed by atoms with Gasteiger partial charge in [-0.1, -0.05) is 6.07 Å². The molecule has 0 unspecified atom stereocenters. The fourth-order valence-electron chi connectivity index (χ4n) is 1.95. The summed E-state index contributed by atoms with van der Waals surface area (Å²) in [6.45, 7) is 1.13. The van der Waals surface area contributed by atoms with Crippen molar-refractivity contribution in [2.45, 2.75) is 19.6 Å². The average Bonchev–Trinajstić information content (AvgIpc) is 3.00. The Morgan fingerprint density at radius 3 is 2.83 bits per heavy atom. The number of aromatic nitrogens is 2. The molecule has 0 fully saturated rings. The molecule has 2 rings (SSSR count). The van der Waals surface area contributed by atoms with Gasteiger partial charge in [0.15, 0.2) is 6.61 Å². The van der Waals surface area contributed by atoms with Gasteiger partial charge >= 0.3 is 12.2 Å². The third-order valence-electron chi connectivity index (χ3n) is 3.14. The zero-order valence-corrected chi connectivity index (χ0v) is 12.9. The summed E-state index contributed by atoms with van der Waals surface area (Å²) in [6, 6.07) is 4.07. The van der Waals surface area contributed by atoms with Gasteiger partial charge in [-0.3, -0.25) is 0 Å². The number of hydrogen-bond donors (Lipinski definition) is 2. The first-order valence-electron chi connectivity index (χ1n) is 7.15. The lowest BCUT2D eigenvalue weighted by atomic mass is 10.2. The Labute approximate surface area is 136 Å². The number of alkyl halides is 3. The fourth-order valence-corrected chi connectivity index (χ4v) is 1.95. The van der Waals surface area contributed by atoms with Crippen molar-refractivity contribution in [1.29, 1.82) is 0 Å². The lowest BCUT2D eigenvalue weighted by molar-refractivity contribution is -0.153. The highest BCUT2D eigenvalue weighted by molar-refractivity contribution is 5.90.